The zero-order valence-electron chi connectivity index (χ0n) is 12.8. The summed E-state index contributed by atoms with van der Waals surface area (Å²) in [5.74, 6) is 0.344. The Morgan fingerprint density at radius 3 is 2.36 bits per heavy atom. The molecule has 1 aliphatic heterocycles. The summed E-state index contributed by atoms with van der Waals surface area (Å²) in [6.45, 7) is 7.36. The van der Waals surface area contributed by atoms with E-state index in [4.69, 9.17) is 0 Å². The minimum Gasteiger partial charge on any atom is -0.310 e. The van der Waals surface area contributed by atoms with E-state index in [9.17, 15) is 9.59 Å². The van der Waals surface area contributed by atoms with Crippen molar-refractivity contribution in [2.75, 3.05) is 4.90 Å². The highest BCUT2D eigenvalue weighted by Gasteiger charge is 2.40. The number of nitrogens with one attached hydrogen (secondary N) is 1. The number of nitrogens with zero attached hydrogens (tertiary/aromatic N) is 2. The molecule has 0 fully saturated rings. The van der Waals surface area contributed by atoms with Gasteiger partial charge in [-0.15, -0.1) is 0 Å². The molecule has 2 heterocycles. The average molecular weight is 362 g/mol. The molecule has 1 aliphatic rings. The summed E-state index contributed by atoms with van der Waals surface area (Å²) in [5, 5.41) is 0. The Morgan fingerprint density at radius 1 is 1.18 bits per heavy atom. The summed E-state index contributed by atoms with van der Waals surface area (Å²) in [6, 6.07) is 3.91. The van der Waals surface area contributed by atoms with Crippen LogP contribution in [-0.2, 0) is 4.79 Å². The van der Waals surface area contributed by atoms with Crippen molar-refractivity contribution in [2.45, 2.75) is 33.6 Å². The summed E-state index contributed by atoms with van der Waals surface area (Å²) in [4.78, 5) is 33.6. The molecule has 6 heteroatoms. The van der Waals surface area contributed by atoms with E-state index < -0.39 is 5.92 Å². The third-order valence-electron chi connectivity index (χ3n) is 3.97. The van der Waals surface area contributed by atoms with Crippen molar-refractivity contribution in [2.24, 2.45) is 0 Å². The second-order valence-electron chi connectivity index (χ2n) is 5.67. The van der Waals surface area contributed by atoms with Crippen LogP contribution in [-0.4, -0.2) is 15.9 Å². The number of carbonyl (C=O) groups is 1. The summed E-state index contributed by atoms with van der Waals surface area (Å²) in [6.07, 6.45) is 0. The molecule has 2 aromatic rings. The van der Waals surface area contributed by atoms with Crippen LogP contribution < -0.4 is 10.5 Å². The van der Waals surface area contributed by atoms with Gasteiger partial charge in [0, 0.05) is 4.47 Å². The standard InChI is InChI=1S/C16H16BrN3O2/c1-7-5-11(17)6-8(2)13(7)20-14-12(9(3)16(20)22)15(21)19-10(4)18-14/h5-6,9H,1-4H3,(H,18,19,21). The lowest BCUT2D eigenvalue weighted by Gasteiger charge is -2.22. The van der Waals surface area contributed by atoms with Crippen LogP contribution in [0.5, 0.6) is 0 Å². The minimum absolute atomic E-state index is 0.118. The monoisotopic (exact) mass is 361 g/mol. The molecule has 0 spiro atoms. The number of benzene rings is 1. The van der Waals surface area contributed by atoms with Gasteiger partial charge < -0.3 is 4.98 Å². The fraction of sp³-hybridized carbons (Fsp3) is 0.312. The van der Waals surface area contributed by atoms with E-state index in [-0.39, 0.29) is 11.5 Å². The van der Waals surface area contributed by atoms with E-state index in [0.29, 0.717) is 17.2 Å². The highest BCUT2D eigenvalue weighted by atomic mass is 79.9. The lowest BCUT2D eigenvalue weighted by atomic mass is 10.1. The zero-order chi connectivity index (χ0) is 16.2. The minimum atomic E-state index is -0.491. The number of H-pyrrole nitrogens is 1. The lowest BCUT2D eigenvalue weighted by molar-refractivity contribution is -0.118. The number of anilines is 2. The molecule has 0 bridgehead atoms. The molecule has 3 rings (SSSR count). The number of hydrogen-bond acceptors (Lipinski definition) is 3. The Balaban J connectivity index is 2.32. The van der Waals surface area contributed by atoms with Crippen molar-refractivity contribution < 1.29 is 4.79 Å². The van der Waals surface area contributed by atoms with Gasteiger partial charge in [-0.05, 0) is 51.0 Å². The van der Waals surface area contributed by atoms with E-state index in [1.54, 1.807) is 18.7 Å². The van der Waals surface area contributed by atoms with E-state index >= 15 is 0 Å². The molecule has 1 atom stereocenters. The van der Waals surface area contributed by atoms with Crippen molar-refractivity contribution in [3.63, 3.8) is 0 Å². The summed E-state index contributed by atoms with van der Waals surface area (Å²) in [5.41, 5.74) is 2.92. The van der Waals surface area contributed by atoms with Crippen molar-refractivity contribution in [1.82, 2.24) is 9.97 Å². The van der Waals surface area contributed by atoms with Gasteiger partial charge in [0.15, 0.2) is 5.82 Å². The van der Waals surface area contributed by atoms with Gasteiger partial charge in [0.2, 0.25) is 5.91 Å². The molecule has 22 heavy (non-hydrogen) atoms. The van der Waals surface area contributed by atoms with Crippen molar-refractivity contribution in [3.8, 4) is 0 Å². The van der Waals surface area contributed by atoms with Gasteiger partial charge in [-0.3, -0.25) is 14.5 Å². The molecule has 1 N–H and O–H groups in total. The molecule has 0 aliphatic carbocycles. The summed E-state index contributed by atoms with van der Waals surface area (Å²) < 4.78 is 0.959. The van der Waals surface area contributed by atoms with Crippen LogP contribution in [0.2, 0.25) is 0 Å². The maximum Gasteiger partial charge on any atom is 0.257 e. The zero-order valence-corrected chi connectivity index (χ0v) is 14.4. The first kappa shape index (κ1) is 15.0. The molecule has 1 amide bonds. The first-order chi connectivity index (χ1) is 10.3. The Bertz CT molecular complexity index is 834. The van der Waals surface area contributed by atoms with Gasteiger partial charge in [-0.1, -0.05) is 15.9 Å². The third-order valence-corrected chi connectivity index (χ3v) is 4.43. The average Bonchev–Trinajstić information content (AvgIpc) is 2.62. The third kappa shape index (κ3) is 2.09. The van der Waals surface area contributed by atoms with E-state index in [1.165, 1.54) is 0 Å². The SMILES string of the molecule is Cc1nc2c(c(=O)[nH]1)C(C)C(=O)N2c1c(C)cc(Br)cc1C. The Labute approximate surface area is 136 Å². The van der Waals surface area contributed by atoms with Crippen molar-refractivity contribution in [1.29, 1.82) is 0 Å². The number of halogens is 1. The van der Waals surface area contributed by atoms with Crippen LogP contribution in [0.1, 0.15) is 35.4 Å². The number of amides is 1. The number of aromatic amines is 1. The summed E-state index contributed by atoms with van der Waals surface area (Å²) in [7, 11) is 0. The fourth-order valence-electron chi connectivity index (χ4n) is 3.03. The smallest absolute Gasteiger partial charge is 0.257 e. The van der Waals surface area contributed by atoms with Gasteiger partial charge in [-0.2, -0.15) is 0 Å². The number of fused-ring (bicyclic) bond motifs is 1. The molecule has 1 aromatic carbocycles. The van der Waals surface area contributed by atoms with Crippen LogP contribution in [0.3, 0.4) is 0 Å². The van der Waals surface area contributed by atoms with Gasteiger partial charge >= 0.3 is 0 Å². The first-order valence-electron chi connectivity index (χ1n) is 7.02. The molecule has 0 radical (unpaired) electrons. The van der Waals surface area contributed by atoms with Gasteiger partial charge in [0.1, 0.15) is 5.82 Å². The Kier molecular flexibility index (Phi) is 3.44. The summed E-state index contributed by atoms with van der Waals surface area (Å²) >= 11 is 3.46. The second kappa shape index (κ2) is 5.05. The Morgan fingerprint density at radius 2 is 1.77 bits per heavy atom. The first-order valence-corrected chi connectivity index (χ1v) is 7.82. The quantitative estimate of drug-likeness (QED) is 0.847. The van der Waals surface area contributed by atoms with E-state index in [0.717, 1.165) is 21.3 Å². The van der Waals surface area contributed by atoms with Crippen LogP contribution in [0.25, 0.3) is 0 Å². The molecule has 1 aromatic heterocycles. The predicted molar refractivity (Wildman–Crippen MR) is 88.8 cm³/mol. The van der Waals surface area contributed by atoms with Gasteiger partial charge in [-0.25, -0.2) is 4.98 Å². The van der Waals surface area contributed by atoms with Crippen LogP contribution in [0, 0.1) is 20.8 Å². The maximum absolute atomic E-state index is 12.7. The lowest BCUT2D eigenvalue weighted by Crippen LogP contribution is -2.25. The van der Waals surface area contributed by atoms with E-state index in [2.05, 4.69) is 25.9 Å². The number of carbonyl (C=O) groups excluding carboxylic acids is 1. The number of rotatable bonds is 1. The van der Waals surface area contributed by atoms with Crippen LogP contribution in [0.4, 0.5) is 11.5 Å². The molecule has 114 valence electrons. The number of aryl methyl sites for hydroxylation is 3. The predicted octanol–water partition coefficient (Wildman–Crippen LogP) is 3.24. The van der Waals surface area contributed by atoms with Crippen LogP contribution in [0.15, 0.2) is 21.4 Å². The van der Waals surface area contributed by atoms with Crippen molar-refractivity contribution in [3.05, 3.63) is 49.5 Å². The Hall–Kier alpha value is -1.95. The number of aromatic nitrogens is 2. The fourth-order valence-corrected chi connectivity index (χ4v) is 3.72. The largest absolute Gasteiger partial charge is 0.310 e. The topological polar surface area (TPSA) is 66.1 Å². The molecule has 0 saturated carbocycles. The molecular weight excluding hydrogens is 346 g/mol. The molecular formula is C16H16BrN3O2. The van der Waals surface area contributed by atoms with E-state index in [1.807, 2.05) is 26.0 Å². The van der Waals surface area contributed by atoms with Crippen LogP contribution >= 0.6 is 15.9 Å². The molecule has 5 nitrogen and oxygen atoms in total. The number of hydrogen-bond donors (Lipinski definition) is 1. The van der Waals surface area contributed by atoms with Crippen molar-refractivity contribution >= 4 is 33.3 Å². The maximum atomic E-state index is 12.7. The van der Waals surface area contributed by atoms with Gasteiger partial charge in [0.05, 0.1) is 17.2 Å². The molecule has 1 unspecified atom stereocenters. The van der Waals surface area contributed by atoms with Gasteiger partial charge in [0.25, 0.3) is 5.56 Å². The normalized spacial score (nSPS) is 17.0. The second-order valence-corrected chi connectivity index (χ2v) is 6.59. The highest BCUT2D eigenvalue weighted by Crippen LogP contribution is 2.41. The molecule has 0 saturated heterocycles. The highest BCUT2D eigenvalue weighted by molar-refractivity contribution is 9.10.